The van der Waals surface area contributed by atoms with E-state index in [9.17, 15) is 9.59 Å². The van der Waals surface area contributed by atoms with Gasteiger partial charge in [-0.15, -0.1) is 10.2 Å². The molecule has 0 bridgehead atoms. The van der Waals surface area contributed by atoms with Gasteiger partial charge in [0.05, 0.1) is 23.6 Å². The van der Waals surface area contributed by atoms with Gasteiger partial charge in [0.15, 0.2) is 5.43 Å². The summed E-state index contributed by atoms with van der Waals surface area (Å²) in [5.41, 5.74) is 2.71. The molecule has 0 fully saturated rings. The Hall–Kier alpha value is -3.04. The first-order valence-corrected chi connectivity index (χ1v) is 10.8. The van der Waals surface area contributed by atoms with Crippen LogP contribution < -0.4 is 15.1 Å². The van der Waals surface area contributed by atoms with Gasteiger partial charge >= 0.3 is 0 Å². The van der Waals surface area contributed by atoms with E-state index in [-0.39, 0.29) is 11.2 Å². The van der Waals surface area contributed by atoms with E-state index >= 15 is 0 Å². The molecule has 4 aromatic rings. The van der Waals surface area contributed by atoms with Crippen LogP contribution >= 0.6 is 27.3 Å². The molecule has 30 heavy (non-hydrogen) atoms. The Morgan fingerprint density at radius 2 is 2.00 bits per heavy atom. The van der Waals surface area contributed by atoms with E-state index in [0.717, 1.165) is 10.0 Å². The predicted molar refractivity (Wildman–Crippen MR) is 116 cm³/mol. The minimum atomic E-state index is -0.671. The van der Waals surface area contributed by atoms with Crippen molar-refractivity contribution in [3.05, 3.63) is 79.6 Å². The number of rotatable bonds is 4. The van der Waals surface area contributed by atoms with Gasteiger partial charge in [0.1, 0.15) is 16.8 Å². The van der Waals surface area contributed by atoms with Gasteiger partial charge in [0.2, 0.25) is 10.9 Å². The lowest BCUT2D eigenvalue weighted by molar-refractivity contribution is 0.0970. The Balaban J connectivity index is 1.76. The van der Waals surface area contributed by atoms with Crippen molar-refractivity contribution in [3.63, 3.8) is 0 Å². The highest BCUT2D eigenvalue weighted by Crippen LogP contribution is 2.42. The second-order valence-corrected chi connectivity index (χ2v) is 8.34. The van der Waals surface area contributed by atoms with Crippen molar-refractivity contribution in [1.82, 2.24) is 10.2 Å². The van der Waals surface area contributed by atoms with Crippen LogP contribution in [0, 0.1) is 0 Å². The normalized spacial score (nSPS) is 15.6. The highest BCUT2D eigenvalue weighted by Gasteiger charge is 2.44. The molecule has 1 aliphatic heterocycles. The van der Waals surface area contributed by atoms with Gasteiger partial charge in [-0.2, -0.15) is 0 Å². The van der Waals surface area contributed by atoms with Crippen LogP contribution in [0.15, 0.2) is 61.7 Å². The van der Waals surface area contributed by atoms with Crippen molar-refractivity contribution in [2.45, 2.75) is 13.0 Å². The summed E-state index contributed by atoms with van der Waals surface area (Å²) < 4.78 is 12.2. The molecule has 0 spiro atoms. The van der Waals surface area contributed by atoms with Gasteiger partial charge in [0.25, 0.3) is 5.91 Å². The third kappa shape index (κ3) is 2.93. The molecule has 9 heteroatoms. The molecule has 0 saturated carbocycles. The van der Waals surface area contributed by atoms with Crippen LogP contribution in [-0.4, -0.2) is 22.7 Å². The quantitative estimate of drug-likeness (QED) is 0.423. The van der Waals surface area contributed by atoms with E-state index in [1.165, 1.54) is 16.2 Å². The number of carbonyl (C=O) groups is 1. The largest absolute Gasteiger partial charge is 0.494 e. The zero-order chi connectivity index (χ0) is 20.8. The maximum atomic E-state index is 13.5. The molecule has 0 N–H and O–H groups in total. The SMILES string of the molecule is CCOc1ccc(C2c3c(oc4ccc(Br)cc4c3=O)C(=O)N2c2nncs2)cc1. The summed E-state index contributed by atoms with van der Waals surface area (Å²) in [6.45, 7) is 2.46. The zero-order valence-corrected chi connectivity index (χ0v) is 18.1. The zero-order valence-electron chi connectivity index (χ0n) is 15.7. The van der Waals surface area contributed by atoms with E-state index in [1.807, 2.05) is 31.2 Å². The van der Waals surface area contributed by atoms with Crippen molar-refractivity contribution >= 4 is 49.3 Å². The summed E-state index contributed by atoms with van der Waals surface area (Å²) in [5.74, 6) is 0.328. The fraction of sp³-hybridized carbons (Fsp3) is 0.143. The Kier molecular flexibility index (Phi) is 4.63. The fourth-order valence-corrected chi connectivity index (χ4v) is 4.59. The number of hydrogen-bond acceptors (Lipinski definition) is 7. The smallest absolute Gasteiger partial charge is 0.297 e. The molecule has 0 radical (unpaired) electrons. The van der Waals surface area contributed by atoms with E-state index in [1.54, 1.807) is 23.7 Å². The summed E-state index contributed by atoms with van der Waals surface area (Å²) in [7, 11) is 0. The van der Waals surface area contributed by atoms with Crippen LogP contribution in [0.5, 0.6) is 5.75 Å². The Morgan fingerprint density at radius 3 is 2.70 bits per heavy atom. The van der Waals surface area contributed by atoms with Crippen molar-refractivity contribution in [1.29, 1.82) is 0 Å². The molecule has 150 valence electrons. The number of benzene rings is 2. The first kappa shape index (κ1) is 19.0. The Bertz CT molecular complexity index is 1320. The highest BCUT2D eigenvalue weighted by atomic mass is 79.9. The predicted octanol–water partition coefficient (Wildman–Crippen LogP) is 4.56. The number of anilines is 1. The molecule has 1 aliphatic rings. The van der Waals surface area contributed by atoms with Crippen molar-refractivity contribution in [2.75, 3.05) is 11.5 Å². The van der Waals surface area contributed by atoms with Crippen molar-refractivity contribution < 1.29 is 13.9 Å². The lowest BCUT2D eigenvalue weighted by atomic mass is 9.98. The van der Waals surface area contributed by atoms with E-state index < -0.39 is 11.9 Å². The van der Waals surface area contributed by atoms with E-state index in [0.29, 0.717) is 34.0 Å². The second-order valence-electron chi connectivity index (χ2n) is 6.62. The van der Waals surface area contributed by atoms with Crippen LogP contribution in [0.2, 0.25) is 0 Å². The Morgan fingerprint density at radius 1 is 1.20 bits per heavy atom. The summed E-state index contributed by atoms with van der Waals surface area (Å²) in [6, 6.07) is 11.8. The van der Waals surface area contributed by atoms with E-state index in [2.05, 4.69) is 26.1 Å². The van der Waals surface area contributed by atoms with Crippen LogP contribution in [0.25, 0.3) is 11.0 Å². The number of ether oxygens (including phenoxy) is 1. The average molecular weight is 484 g/mol. The molecule has 0 saturated heterocycles. The molecule has 2 aromatic carbocycles. The third-order valence-corrected chi connectivity index (χ3v) is 6.08. The topological polar surface area (TPSA) is 85.5 Å². The molecule has 7 nitrogen and oxygen atoms in total. The van der Waals surface area contributed by atoms with Gasteiger partial charge < -0.3 is 9.15 Å². The first-order valence-electron chi connectivity index (χ1n) is 9.17. The van der Waals surface area contributed by atoms with Crippen LogP contribution in [0.4, 0.5) is 5.13 Å². The van der Waals surface area contributed by atoms with Gasteiger partial charge in [-0.05, 0) is 42.8 Å². The molecular weight excluding hydrogens is 470 g/mol. The van der Waals surface area contributed by atoms with Gasteiger partial charge in [-0.3, -0.25) is 14.5 Å². The van der Waals surface area contributed by atoms with E-state index in [4.69, 9.17) is 9.15 Å². The number of nitrogens with zero attached hydrogens (tertiary/aromatic N) is 3. The van der Waals surface area contributed by atoms with Crippen molar-refractivity contribution in [3.8, 4) is 5.75 Å². The molecule has 2 aromatic heterocycles. The number of amides is 1. The molecule has 5 rings (SSSR count). The minimum absolute atomic E-state index is 0.0314. The standard InChI is InChI=1S/C21H14BrN3O4S/c1-2-28-13-6-3-11(4-7-13)17-16-18(26)14-9-12(22)5-8-15(14)29-19(16)20(27)25(17)21-24-23-10-30-21/h3-10,17H,2H2,1H3. The summed E-state index contributed by atoms with van der Waals surface area (Å²) in [4.78, 5) is 28.2. The number of hydrogen-bond donors (Lipinski definition) is 0. The van der Waals surface area contributed by atoms with Gasteiger partial charge in [-0.1, -0.05) is 39.4 Å². The summed E-state index contributed by atoms with van der Waals surface area (Å²) >= 11 is 4.62. The number of carbonyl (C=O) groups excluding carboxylic acids is 1. The maximum Gasteiger partial charge on any atom is 0.297 e. The summed E-state index contributed by atoms with van der Waals surface area (Å²) in [6.07, 6.45) is 0. The monoisotopic (exact) mass is 483 g/mol. The fourth-order valence-electron chi connectivity index (χ4n) is 3.64. The summed E-state index contributed by atoms with van der Waals surface area (Å²) in [5, 5.41) is 8.73. The van der Waals surface area contributed by atoms with Crippen LogP contribution in [0.1, 0.15) is 34.6 Å². The molecule has 1 atom stereocenters. The molecule has 1 amide bonds. The number of fused-ring (bicyclic) bond motifs is 2. The van der Waals surface area contributed by atoms with Crippen LogP contribution in [-0.2, 0) is 0 Å². The maximum absolute atomic E-state index is 13.5. The van der Waals surface area contributed by atoms with Crippen LogP contribution in [0.3, 0.4) is 0 Å². The Labute approximate surface area is 183 Å². The lowest BCUT2D eigenvalue weighted by Crippen LogP contribution is -2.29. The average Bonchev–Trinajstić information content (AvgIpc) is 3.36. The second kappa shape index (κ2) is 7.33. The van der Waals surface area contributed by atoms with Crippen molar-refractivity contribution in [2.24, 2.45) is 0 Å². The molecule has 0 aliphatic carbocycles. The number of aromatic nitrogens is 2. The number of halogens is 1. The third-order valence-electron chi connectivity index (χ3n) is 4.89. The first-order chi connectivity index (χ1) is 14.6. The van der Waals surface area contributed by atoms with Gasteiger partial charge in [-0.25, -0.2) is 0 Å². The molecule has 1 unspecified atom stereocenters. The lowest BCUT2D eigenvalue weighted by Gasteiger charge is -2.22. The molecular formula is C21H14BrN3O4S. The molecule has 3 heterocycles. The minimum Gasteiger partial charge on any atom is -0.494 e. The van der Waals surface area contributed by atoms with Gasteiger partial charge in [0, 0.05) is 4.47 Å². The highest BCUT2D eigenvalue weighted by molar-refractivity contribution is 9.10.